The number of hydrogen-bond donors (Lipinski definition) is 0. The Labute approximate surface area is 158 Å². The van der Waals surface area contributed by atoms with Crippen LogP contribution in [0.4, 0.5) is 0 Å². The minimum absolute atomic E-state index is 0.000664. The Morgan fingerprint density at radius 3 is 2.52 bits per heavy atom. The second-order valence-corrected chi connectivity index (χ2v) is 6.48. The molecule has 2 aromatic carbocycles. The summed E-state index contributed by atoms with van der Waals surface area (Å²) in [4.78, 5) is 19.0. The number of methoxy groups -OCH3 is 1. The van der Waals surface area contributed by atoms with Crippen LogP contribution in [0.15, 0.2) is 59.1 Å². The van der Waals surface area contributed by atoms with Gasteiger partial charge in [-0.2, -0.15) is 4.98 Å². The van der Waals surface area contributed by atoms with E-state index in [0.29, 0.717) is 17.5 Å². The van der Waals surface area contributed by atoms with Crippen molar-refractivity contribution in [3.05, 3.63) is 66.1 Å². The van der Waals surface area contributed by atoms with Gasteiger partial charge in [-0.3, -0.25) is 4.79 Å². The predicted octanol–water partition coefficient (Wildman–Crippen LogP) is 3.72. The average molecular weight is 365 g/mol. The summed E-state index contributed by atoms with van der Waals surface area (Å²) in [5.41, 5.74) is 1.73. The fraction of sp³-hybridized carbons (Fsp3) is 0.286. The number of benzene rings is 2. The summed E-state index contributed by atoms with van der Waals surface area (Å²) in [7, 11) is 1.60. The molecule has 6 heteroatoms. The zero-order valence-electron chi connectivity index (χ0n) is 15.8. The van der Waals surface area contributed by atoms with Gasteiger partial charge >= 0.3 is 0 Å². The summed E-state index contributed by atoms with van der Waals surface area (Å²) >= 11 is 0. The first-order valence-corrected chi connectivity index (χ1v) is 8.88. The van der Waals surface area contributed by atoms with E-state index in [1.807, 2.05) is 68.4 Å². The minimum atomic E-state index is -0.0195. The van der Waals surface area contributed by atoms with Crippen molar-refractivity contribution in [3.8, 4) is 17.1 Å². The Morgan fingerprint density at radius 2 is 1.81 bits per heavy atom. The molecule has 0 saturated carbocycles. The van der Waals surface area contributed by atoms with Gasteiger partial charge in [-0.15, -0.1) is 0 Å². The van der Waals surface area contributed by atoms with Gasteiger partial charge in [0.05, 0.1) is 13.5 Å². The fourth-order valence-electron chi connectivity index (χ4n) is 2.84. The number of hydrogen-bond acceptors (Lipinski definition) is 5. The second-order valence-electron chi connectivity index (χ2n) is 6.48. The Kier molecular flexibility index (Phi) is 5.86. The number of amides is 1. The first-order valence-electron chi connectivity index (χ1n) is 8.88. The molecule has 0 spiro atoms. The molecule has 0 aliphatic rings. The third-order valence-corrected chi connectivity index (χ3v) is 4.28. The van der Waals surface area contributed by atoms with Gasteiger partial charge in [0.15, 0.2) is 0 Å². The lowest BCUT2D eigenvalue weighted by atomic mass is 10.1. The molecule has 0 fully saturated rings. The maximum atomic E-state index is 12.9. The van der Waals surface area contributed by atoms with E-state index in [-0.39, 0.29) is 24.9 Å². The summed E-state index contributed by atoms with van der Waals surface area (Å²) < 4.78 is 10.7. The summed E-state index contributed by atoms with van der Waals surface area (Å²) in [5.74, 6) is 1.62. The largest absolute Gasteiger partial charge is 0.496 e. The van der Waals surface area contributed by atoms with E-state index >= 15 is 0 Å². The van der Waals surface area contributed by atoms with Gasteiger partial charge in [-0.25, -0.2) is 0 Å². The molecule has 6 nitrogen and oxygen atoms in total. The predicted molar refractivity (Wildman–Crippen MR) is 102 cm³/mol. The Hall–Kier alpha value is -3.15. The van der Waals surface area contributed by atoms with Crippen molar-refractivity contribution < 1.29 is 14.1 Å². The van der Waals surface area contributed by atoms with E-state index in [1.54, 1.807) is 12.0 Å². The van der Waals surface area contributed by atoms with E-state index in [4.69, 9.17) is 9.26 Å². The quantitative estimate of drug-likeness (QED) is 0.638. The van der Waals surface area contributed by atoms with E-state index < -0.39 is 0 Å². The molecule has 0 N–H and O–H groups in total. The van der Waals surface area contributed by atoms with Crippen molar-refractivity contribution in [1.29, 1.82) is 0 Å². The molecule has 0 bridgehead atoms. The van der Waals surface area contributed by atoms with Crippen LogP contribution in [0.3, 0.4) is 0 Å². The Morgan fingerprint density at radius 1 is 1.11 bits per heavy atom. The van der Waals surface area contributed by atoms with Crippen molar-refractivity contribution >= 4 is 5.91 Å². The van der Waals surface area contributed by atoms with Gasteiger partial charge in [-0.1, -0.05) is 53.7 Å². The van der Waals surface area contributed by atoms with E-state index in [2.05, 4.69) is 10.1 Å². The highest BCUT2D eigenvalue weighted by atomic mass is 16.5. The summed E-state index contributed by atoms with van der Waals surface area (Å²) in [6.07, 6.45) is 0.252. The third kappa shape index (κ3) is 4.53. The highest BCUT2D eigenvalue weighted by Gasteiger charge is 2.22. The van der Waals surface area contributed by atoms with Crippen LogP contribution in [0.1, 0.15) is 25.3 Å². The molecule has 0 aliphatic carbocycles. The van der Waals surface area contributed by atoms with Crippen molar-refractivity contribution in [2.75, 3.05) is 7.11 Å². The van der Waals surface area contributed by atoms with Crippen LogP contribution in [0, 0.1) is 0 Å². The molecular weight excluding hydrogens is 342 g/mol. The average Bonchev–Trinajstić information content (AvgIpc) is 3.15. The molecule has 1 heterocycles. The van der Waals surface area contributed by atoms with E-state index in [0.717, 1.165) is 11.1 Å². The van der Waals surface area contributed by atoms with Crippen molar-refractivity contribution in [2.24, 2.45) is 0 Å². The number of rotatable bonds is 7. The molecule has 140 valence electrons. The summed E-state index contributed by atoms with van der Waals surface area (Å²) in [6.45, 7) is 4.20. The normalized spacial score (nSPS) is 10.8. The smallest absolute Gasteiger partial charge is 0.246 e. The minimum Gasteiger partial charge on any atom is -0.496 e. The zero-order chi connectivity index (χ0) is 19.2. The van der Waals surface area contributed by atoms with Crippen LogP contribution >= 0.6 is 0 Å². The number of nitrogens with zero attached hydrogens (tertiary/aromatic N) is 3. The number of para-hydroxylation sites is 1. The zero-order valence-corrected chi connectivity index (χ0v) is 15.8. The van der Waals surface area contributed by atoms with Crippen LogP contribution < -0.4 is 4.74 Å². The maximum absolute atomic E-state index is 12.9. The van der Waals surface area contributed by atoms with E-state index in [1.165, 1.54) is 0 Å². The highest BCUT2D eigenvalue weighted by Crippen LogP contribution is 2.20. The van der Waals surface area contributed by atoms with Crippen molar-refractivity contribution in [3.63, 3.8) is 0 Å². The fourth-order valence-corrected chi connectivity index (χ4v) is 2.84. The molecule has 3 aromatic rings. The van der Waals surface area contributed by atoms with Crippen molar-refractivity contribution in [1.82, 2.24) is 15.0 Å². The van der Waals surface area contributed by atoms with Gasteiger partial charge in [-0.05, 0) is 19.9 Å². The number of aromatic nitrogens is 2. The Balaban J connectivity index is 1.74. The summed E-state index contributed by atoms with van der Waals surface area (Å²) in [5, 5.41) is 4.03. The topological polar surface area (TPSA) is 68.5 Å². The second kappa shape index (κ2) is 8.49. The summed E-state index contributed by atoms with van der Waals surface area (Å²) in [6, 6.07) is 17.1. The van der Waals surface area contributed by atoms with Crippen molar-refractivity contribution in [2.45, 2.75) is 32.9 Å². The molecule has 0 unspecified atom stereocenters. The monoisotopic (exact) mass is 365 g/mol. The van der Waals surface area contributed by atoms with Crippen LogP contribution in [0.5, 0.6) is 5.75 Å². The van der Waals surface area contributed by atoms with Gasteiger partial charge < -0.3 is 14.2 Å². The first kappa shape index (κ1) is 18.6. The third-order valence-electron chi connectivity index (χ3n) is 4.28. The van der Waals surface area contributed by atoms with Gasteiger partial charge in [0.25, 0.3) is 0 Å². The maximum Gasteiger partial charge on any atom is 0.246 e. The molecule has 0 aliphatic heterocycles. The van der Waals surface area contributed by atoms with Gasteiger partial charge in [0.1, 0.15) is 12.3 Å². The molecule has 3 rings (SSSR count). The number of carbonyl (C=O) groups is 1. The highest BCUT2D eigenvalue weighted by molar-refractivity contribution is 5.79. The lowest BCUT2D eigenvalue weighted by Gasteiger charge is -2.25. The molecule has 1 amide bonds. The van der Waals surface area contributed by atoms with Crippen LogP contribution in [-0.4, -0.2) is 34.1 Å². The lowest BCUT2D eigenvalue weighted by Crippen LogP contribution is -2.37. The first-order chi connectivity index (χ1) is 13.1. The number of carbonyl (C=O) groups excluding carboxylic acids is 1. The molecule has 1 aromatic heterocycles. The van der Waals surface area contributed by atoms with Crippen LogP contribution in [-0.2, 0) is 17.8 Å². The molecule has 27 heavy (non-hydrogen) atoms. The van der Waals surface area contributed by atoms with Gasteiger partial charge in [0.2, 0.25) is 17.6 Å². The number of ether oxygens (including phenoxy) is 1. The SMILES string of the molecule is COc1ccccc1CC(=O)N(Cc1nc(-c2ccccc2)no1)C(C)C. The van der Waals surface area contributed by atoms with Gasteiger partial charge in [0, 0.05) is 17.2 Å². The van der Waals surface area contributed by atoms with Crippen LogP contribution in [0.25, 0.3) is 11.4 Å². The van der Waals surface area contributed by atoms with E-state index in [9.17, 15) is 4.79 Å². The standard InChI is InChI=1S/C21H23N3O3/c1-15(2)24(20(25)13-17-11-7-8-12-18(17)26-3)14-19-22-21(23-27-19)16-9-5-4-6-10-16/h4-12,15H,13-14H2,1-3H3. The molecular formula is C21H23N3O3. The molecule has 0 saturated heterocycles. The molecule has 0 atom stereocenters. The Bertz CT molecular complexity index is 890. The molecule has 0 radical (unpaired) electrons. The van der Waals surface area contributed by atoms with Crippen LogP contribution in [0.2, 0.25) is 0 Å². The lowest BCUT2D eigenvalue weighted by molar-refractivity contribution is -0.133.